The second-order valence-corrected chi connectivity index (χ2v) is 8.21. The van der Waals surface area contributed by atoms with E-state index in [1.165, 1.54) is 0 Å². The normalized spacial score (nSPS) is 20.4. The summed E-state index contributed by atoms with van der Waals surface area (Å²) in [5.41, 5.74) is 0.967. The number of allylic oxidation sites excluding steroid dienone is 2. The lowest BCUT2D eigenvalue weighted by Gasteiger charge is -2.27. The van der Waals surface area contributed by atoms with Crippen LogP contribution in [-0.4, -0.2) is 53.6 Å². The minimum absolute atomic E-state index is 0.0492. The van der Waals surface area contributed by atoms with E-state index in [1.54, 1.807) is 4.90 Å². The fraction of sp³-hybridized carbons (Fsp3) is 0.542. The van der Waals surface area contributed by atoms with Crippen LogP contribution >= 0.6 is 0 Å². The number of hydrogen-bond acceptors (Lipinski definition) is 5. The molecule has 0 aromatic heterocycles. The van der Waals surface area contributed by atoms with Gasteiger partial charge in [-0.05, 0) is 24.3 Å². The Bertz CT molecular complexity index is 748. The first-order valence-electron chi connectivity index (χ1n) is 10.9. The van der Waals surface area contributed by atoms with E-state index in [0.717, 1.165) is 5.56 Å². The minimum atomic E-state index is -0.530. The number of cyclic esters (lactones) is 1. The van der Waals surface area contributed by atoms with Gasteiger partial charge in [0.1, 0.15) is 6.61 Å². The molecule has 7 heteroatoms. The molecule has 1 aromatic rings. The highest BCUT2D eigenvalue weighted by Crippen LogP contribution is 2.17. The molecule has 1 aliphatic rings. The van der Waals surface area contributed by atoms with Gasteiger partial charge < -0.3 is 20.1 Å². The second kappa shape index (κ2) is 12.9. The van der Waals surface area contributed by atoms with Gasteiger partial charge in [0.15, 0.2) is 0 Å². The standard InChI is InChI=1S/C24H34N2O5/c1-18(2)21-17-31-23(29)12-8-4-7-11-20(24(30)25-21)15-22(28)26(13-14-27)16-19-9-5-3-6-10-19/h3-7,9-10,18,20-21,27H,8,11-17H2,1-2H3,(H,25,30). The largest absolute Gasteiger partial charge is 0.463 e. The number of ether oxygens (including phenoxy) is 1. The van der Waals surface area contributed by atoms with Gasteiger partial charge in [-0.1, -0.05) is 56.3 Å². The Hall–Kier alpha value is -2.67. The molecule has 0 aliphatic carbocycles. The average molecular weight is 431 g/mol. The quantitative estimate of drug-likeness (QED) is 0.512. The van der Waals surface area contributed by atoms with Gasteiger partial charge in [0.05, 0.1) is 18.6 Å². The maximum absolute atomic E-state index is 13.0. The summed E-state index contributed by atoms with van der Waals surface area (Å²) in [6, 6.07) is 9.26. The zero-order valence-electron chi connectivity index (χ0n) is 18.5. The van der Waals surface area contributed by atoms with Crippen LogP contribution < -0.4 is 5.32 Å². The third-order valence-electron chi connectivity index (χ3n) is 5.39. The highest BCUT2D eigenvalue weighted by atomic mass is 16.5. The number of rotatable bonds is 7. The van der Waals surface area contributed by atoms with Gasteiger partial charge in [-0.25, -0.2) is 0 Å². The third-order valence-corrected chi connectivity index (χ3v) is 5.39. The molecule has 0 radical (unpaired) electrons. The molecule has 170 valence electrons. The van der Waals surface area contributed by atoms with Crippen molar-refractivity contribution in [3.63, 3.8) is 0 Å². The molecular weight excluding hydrogens is 396 g/mol. The molecule has 31 heavy (non-hydrogen) atoms. The van der Waals surface area contributed by atoms with Crippen molar-refractivity contribution >= 4 is 17.8 Å². The number of carbonyl (C=O) groups excluding carboxylic acids is 3. The van der Waals surface area contributed by atoms with Crippen molar-refractivity contribution in [1.29, 1.82) is 0 Å². The number of aliphatic hydroxyl groups is 1. The van der Waals surface area contributed by atoms with Gasteiger partial charge in [-0.2, -0.15) is 0 Å². The molecule has 7 nitrogen and oxygen atoms in total. The molecule has 2 atom stereocenters. The van der Waals surface area contributed by atoms with Crippen molar-refractivity contribution in [2.24, 2.45) is 11.8 Å². The Morgan fingerprint density at radius 1 is 1.23 bits per heavy atom. The van der Waals surface area contributed by atoms with Crippen LogP contribution in [0.2, 0.25) is 0 Å². The Morgan fingerprint density at radius 2 is 1.97 bits per heavy atom. The fourth-order valence-corrected chi connectivity index (χ4v) is 3.38. The van der Waals surface area contributed by atoms with E-state index in [4.69, 9.17) is 4.74 Å². The summed E-state index contributed by atoms with van der Waals surface area (Å²) in [7, 11) is 0. The van der Waals surface area contributed by atoms with E-state index in [9.17, 15) is 19.5 Å². The van der Waals surface area contributed by atoms with Crippen molar-refractivity contribution in [1.82, 2.24) is 10.2 Å². The molecule has 2 N–H and O–H groups in total. The van der Waals surface area contributed by atoms with Gasteiger partial charge in [-0.15, -0.1) is 0 Å². The monoisotopic (exact) mass is 430 g/mol. The fourth-order valence-electron chi connectivity index (χ4n) is 3.38. The van der Waals surface area contributed by atoms with Gasteiger partial charge in [0.25, 0.3) is 0 Å². The number of aliphatic hydroxyl groups excluding tert-OH is 1. The minimum Gasteiger partial charge on any atom is -0.463 e. The lowest BCUT2D eigenvalue weighted by atomic mass is 9.96. The summed E-state index contributed by atoms with van der Waals surface area (Å²) in [5.74, 6) is -1.13. The van der Waals surface area contributed by atoms with Crippen LogP contribution in [0.3, 0.4) is 0 Å². The van der Waals surface area contributed by atoms with Crippen molar-refractivity contribution in [2.45, 2.75) is 52.1 Å². The van der Waals surface area contributed by atoms with Crippen LogP contribution in [0, 0.1) is 11.8 Å². The highest BCUT2D eigenvalue weighted by Gasteiger charge is 2.27. The van der Waals surface area contributed by atoms with E-state index >= 15 is 0 Å². The maximum atomic E-state index is 13.0. The van der Waals surface area contributed by atoms with Crippen molar-refractivity contribution in [3.8, 4) is 0 Å². The summed E-state index contributed by atoms with van der Waals surface area (Å²) in [5, 5.41) is 12.4. The van der Waals surface area contributed by atoms with E-state index in [2.05, 4.69) is 5.32 Å². The number of nitrogens with one attached hydrogen (secondary N) is 1. The smallest absolute Gasteiger partial charge is 0.306 e. The number of amides is 2. The Morgan fingerprint density at radius 3 is 2.65 bits per heavy atom. The number of carbonyl (C=O) groups is 3. The SMILES string of the molecule is CC(C)C1COC(=O)CCC=CCC(CC(=O)N(CCO)Cc2ccccc2)C(=O)N1. The molecule has 2 rings (SSSR count). The Labute approximate surface area is 184 Å². The molecule has 1 aromatic carbocycles. The molecule has 0 bridgehead atoms. The van der Waals surface area contributed by atoms with Crippen molar-refractivity contribution < 1.29 is 24.2 Å². The molecule has 1 heterocycles. The van der Waals surface area contributed by atoms with Crippen LogP contribution in [0.25, 0.3) is 0 Å². The molecule has 2 amide bonds. The highest BCUT2D eigenvalue weighted by molar-refractivity contribution is 5.86. The lowest BCUT2D eigenvalue weighted by molar-refractivity contribution is -0.145. The summed E-state index contributed by atoms with van der Waals surface area (Å²) in [6.07, 6.45) is 5.00. The van der Waals surface area contributed by atoms with Crippen LogP contribution in [0.5, 0.6) is 0 Å². The molecule has 1 aliphatic heterocycles. The van der Waals surface area contributed by atoms with Crippen molar-refractivity contribution in [3.05, 3.63) is 48.0 Å². The molecule has 0 spiro atoms. The van der Waals surface area contributed by atoms with Gasteiger partial charge in [0.2, 0.25) is 11.8 Å². The molecule has 0 fully saturated rings. The molecular formula is C24H34N2O5. The number of hydrogen-bond donors (Lipinski definition) is 2. The summed E-state index contributed by atoms with van der Waals surface area (Å²) < 4.78 is 5.30. The van der Waals surface area contributed by atoms with E-state index < -0.39 is 5.92 Å². The first kappa shape index (κ1) is 24.6. The second-order valence-electron chi connectivity index (χ2n) is 8.21. The van der Waals surface area contributed by atoms with Crippen LogP contribution in [0.1, 0.15) is 45.1 Å². The summed E-state index contributed by atoms with van der Waals surface area (Å²) in [4.78, 5) is 39.4. The summed E-state index contributed by atoms with van der Waals surface area (Å²) >= 11 is 0. The maximum Gasteiger partial charge on any atom is 0.306 e. The molecule has 2 unspecified atom stereocenters. The van der Waals surface area contributed by atoms with Gasteiger partial charge in [0, 0.05) is 25.9 Å². The Kier molecular flexibility index (Phi) is 10.2. The zero-order valence-corrected chi connectivity index (χ0v) is 18.5. The lowest BCUT2D eigenvalue weighted by Crippen LogP contribution is -2.46. The number of nitrogens with zero attached hydrogens (tertiary/aromatic N) is 1. The predicted molar refractivity (Wildman–Crippen MR) is 118 cm³/mol. The van der Waals surface area contributed by atoms with E-state index in [0.29, 0.717) is 25.8 Å². The third kappa shape index (κ3) is 8.53. The van der Waals surface area contributed by atoms with Gasteiger partial charge >= 0.3 is 5.97 Å². The average Bonchev–Trinajstić information content (AvgIpc) is 2.74. The molecule has 0 saturated carbocycles. The zero-order chi connectivity index (χ0) is 22.6. The Balaban J connectivity index is 2.12. The number of esters is 1. The summed E-state index contributed by atoms with van der Waals surface area (Å²) in [6.45, 7) is 4.48. The van der Waals surface area contributed by atoms with Crippen LogP contribution in [-0.2, 0) is 25.7 Å². The van der Waals surface area contributed by atoms with E-state index in [-0.39, 0.29) is 55.9 Å². The predicted octanol–water partition coefficient (Wildman–Crippen LogP) is 2.44. The number of benzene rings is 1. The van der Waals surface area contributed by atoms with Gasteiger partial charge in [-0.3, -0.25) is 14.4 Å². The van der Waals surface area contributed by atoms with Crippen LogP contribution in [0.15, 0.2) is 42.5 Å². The van der Waals surface area contributed by atoms with Crippen LogP contribution in [0.4, 0.5) is 0 Å². The first-order chi connectivity index (χ1) is 14.9. The van der Waals surface area contributed by atoms with Crippen molar-refractivity contribution in [2.75, 3.05) is 19.8 Å². The van der Waals surface area contributed by atoms with E-state index in [1.807, 2.05) is 56.3 Å². The first-order valence-corrected chi connectivity index (χ1v) is 10.9. The topological polar surface area (TPSA) is 95.9 Å². The molecule has 0 saturated heterocycles.